The highest BCUT2D eigenvalue weighted by molar-refractivity contribution is 9.11. The van der Waals surface area contributed by atoms with Crippen molar-refractivity contribution in [3.8, 4) is 11.5 Å². The minimum absolute atomic E-state index is 0.0546. The van der Waals surface area contributed by atoms with Crippen molar-refractivity contribution in [2.45, 2.75) is 20.3 Å². The zero-order chi connectivity index (χ0) is 13.3. The summed E-state index contributed by atoms with van der Waals surface area (Å²) in [6.45, 7) is 4.03. The smallest absolute Gasteiger partial charge is 0.373 e. The number of thiophene rings is 1. The molecule has 0 atom stereocenters. The summed E-state index contributed by atoms with van der Waals surface area (Å²) in [5, 5.41) is 11.0. The Morgan fingerprint density at radius 3 is 2.83 bits per heavy atom. The summed E-state index contributed by atoms with van der Waals surface area (Å²) in [4.78, 5) is 15.4. The third kappa shape index (κ3) is 2.81. The van der Waals surface area contributed by atoms with E-state index in [1.54, 1.807) is 0 Å². The van der Waals surface area contributed by atoms with Gasteiger partial charge in [-0.3, -0.25) is 0 Å². The molecule has 18 heavy (non-hydrogen) atoms. The van der Waals surface area contributed by atoms with E-state index in [2.05, 4.69) is 20.9 Å². The van der Waals surface area contributed by atoms with Crippen molar-refractivity contribution in [3.63, 3.8) is 0 Å². The Labute approximate surface area is 117 Å². The van der Waals surface area contributed by atoms with Crippen LogP contribution in [0, 0.1) is 5.92 Å². The van der Waals surface area contributed by atoms with Crippen molar-refractivity contribution in [2.24, 2.45) is 5.92 Å². The zero-order valence-corrected chi connectivity index (χ0v) is 12.3. The first-order valence-corrected chi connectivity index (χ1v) is 7.12. The molecule has 1 N–H and O–H groups in total. The molecule has 4 nitrogen and oxygen atoms in total. The fraction of sp³-hybridized carbons (Fsp3) is 0.333. The molecule has 0 fully saturated rings. The Balaban J connectivity index is 2.42. The molecule has 0 saturated heterocycles. The van der Waals surface area contributed by atoms with Gasteiger partial charge in [0.05, 0.1) is 9.48 Å². The monoisotopic (exact) mass is 329 g/mol. The minimum Gasteiger partial charge on any atom is -0.475 e. The Morgan fingerprint density at radius 1 is 1.61 bits per heavy atom. The van der Waals surface area contributed by atoms with E-state index in [-0.39, 0.29) is 5.76 Å². The summed E-state index contributed by atoms with van der Waals surface area (Å²) in [5.41, 5.74) is 1.30. The maximum absolute atomic E-state index is 11.1. The lowest BCUT2D eigenvalue weighted by Crippen LogP contribution is -2.03. The molecule has 2 heterocycles. The maximum atomic E-state index is 11.1. The molecule has 96 valence electrons. The summed E-state index contributed by atoms with van der Waals surface area (Å²) in [6.07, 6.45) is 0.594. The molecule has 0 amide bonds. The predicted molar refractivity (Wildman–Crippen MR) is 73.0 cm³/mol. The van der Waals surface area contributed by atoms with Gasteiger partial charge in [-0.25, -0.2) is 9.78 Å². The number of oxazole rings is 1. The van der Waals surface area contributed by atoms with E-state index in [0.29, 0.717) is 23.9 Å². The number of halogens is 1. The maximum Gasteiger partial charge on any atom is 0.373 e. The van der Waals surface area contributed by atoms with Crippen LogP contribution in [-0.2, 0) is 6.42 Å². The summed E-state index contributed by atoms with van der Waals surface area (Å²) >= 11 is 4.86. The number of hydrogen-bond acceptors (Lipinski definition) is 4. The van der Waals surface area contributed by atoms with Crippen molar-refractivity contribution < 1.29 is 14.3 Å². The van der Waals surface area contributed by atoms with Crippen molar-refractivity contribution in [2.75, 3.05) is 0 Å². The Hall–Kier alpha value is -1.14. The lowest BCUT2D eigenvalue weighted by Gasteiger charge is -1.99. The van der Waals surface area contributed by atoms with Crippen LogP contribution in [0.5, 0.6) is 0 Å². The molecule has 6 heteroatoms. The van der Waals surface area contributed by atoms with Gasteiger partial charge in [-0.05, 0) is 34.3 Å². The largest absolute Gasteiger partial charge is 0.475 e. The first-order chi connectivity index (χ1) is 8.47. The number of rotatable bonds is 4. The molecule has 0 bridgehead atoms. The molecule has 0 aliphatic rings. The van der Waals surface area contributed by atoms with Crippen molar-refractivity contribution >= 4 is 33.2 Å². The Kier molecular flexibility index (Phi) is 3.87. The highest BCUT2D eigenvalue weighted by Crippen LogP contribution is 2.30. The Morgan fingerprint density at radius 2 is 2.33 bits per heavy atom. The van der Waals surface area contributed by atoms with Gasteiger partial charge in [-0.15, -0.1) is 11.3 Å². The number of carboxylic acids is 1. The van der Waals surface area contributed by atoms with E-state index in [1.807, 2.05) is 25.3 Å². The molecular weight excluding hydrogens is 318 g/mol. The SMILES string of the molecule is CC(C)Cc1nc(-c2csc(Br)c2)oc1C(=O)O. The fourth-order valence-corrected chi connectivity index (χ4v) is 2.72. The lowest BCUT2D eigenvalue weighted by molar-refractivity contribution is 0.0661. The average molecular weight is 330 g/mol. The first-order valence-electron chi connectivity index (χ1n) is 5.44. The number of carboxylic acid groups (broad SMARTS) is 1. The summed E-state index contributed by atoms with van der Waals surface area (Å²) in [6, 6.07) is 1.86. The van der Waals surface area contributed by atoms with Gasteiger partial charge in [0.15, 0.2) is 0 Å². The van der Waals surface area contributed by atoms with E-state index in [0.717, 1.165) is 9.35 Å². The molecular formula is C12H12BrNO3S. The average Bonchev–Trinajstić information content (AvgIpc) is 2.83. The van der Waals surface area contributed by atoms with Gasteiger partial charge in [0, 0.05) is 10.9 Å². The summed E-state index contributed by atoms with van der Waals surface area (Å²) in [5.74, 6) is -0.431. The molecule has 0 unspecified atom stereocenters. The standard InChI is InChI=1S/C12H12BrNO3S/c1-6(2)3-8-10(12(15)16)17-11(14-8)7-4-9(13)18-5-7/h4-6H,3H2,1-2H3,(H,15,16). The van der Waals surface area contributed by atoms with Crippen LogP contribution in [0.4, 0.5) is 0 Å². The van der Waals surface area contributed by atoms with Crippen molar-refractivity contribution in [1.82, 2.24) is 4.98 Å². The number of aromatic carboxylic acids is 1. The van der Waals surface area contributed by atoms with Gasteiger partial charge in [0.1, 0.15) is 0 Å². The molecule has 0 aromatic carbocycles. The molecule has 0 spiro atoms. The highest BCUT2D eigenvalue weighted by atomic mass is 79.9. The molecule has 2 aromatic heterocycles. The summed E-state index contributed by atoms with van der Waals surface area (Å²) in [7, 11) is 0. The second-order valence-electron chi connectivity index (χ2n) is 4.34. The molecule has 0 aliphatic heterocycles. The van der Waals surface area contributed by atoms with Crippen molar-refractivity contribution in [1.29, 1.82) is 0 Å². The van der Waals surface area contributed by atoms with E-state index in [9.17, 15) is 4.79 Å². The predicted octanol–water partition coefficient (Wildman–Crippen LogP) is 4.06. The van der Waals surface area contributed by atoms with E-state index >= 15 is 0 Å². The molecule has 2 rings (SSSR count). The van der Waals surface area contributed by atoms with Crippen LogP contribution < -0.4 is 0 Å². The van der Waals surface area contributed by atoms with Crippen LogP contribution in [-0.4, -0.2) is 16.1 Å². The van der Waals surface area contributed by atoms with Crippen molar-refractivity contribution in [3.05, 3.63) is 26.7 Å². The normalized spacial score (nSPS) is 11.1. The summed E-state index contributed by atoms with van der Waals surface area (Å²) < 4.78 is 6.31. The van der Waals surface area contributed by atoms with E-state index in [4.69, 9.17) is 9.52 Å². The molecule has 0 aliphatic carbocycles. The fourth-order valence-electron chi connectivity index (χ4n) is 1.59. The third-order valence-corrected chi connectivity index (χ3v) is 3.81. The highest BCUT2D eigenvalue weighted by Gasteiger charge is 2.21. The third-order valence-electron chi connectivity index (χ3n) is 2.31. The second-order valence-corrected chi connectivity index (χ2v) is 6.63. The number of hydrogen-bond donors (Lipinski definition) is 1. The van der Waals surface area contributed by atoms with Gasteiger partial charge in [0.2, 0.25) is 11.7 Å². The molecule has 0 saturated carbocycles. The van der Waals surface area contributed by atoms with Crippen LogP contribution >= 0.6 is 27.3 Å². The van der Waals surface area contributed by atoms with Crippen LogP contribution in [0.2, 0.25) is 0 Å². The Bertz CT molecular complexity index is 574. The topological polar surface area (TPSA) is 63.3 Å². The first kappa shape index (κ1) is 13.3. The number of nitrogens with zero attached hydrogens (tertiary/aromatic N) is 1. The zero-order valence-electron chi connectivity index (χ0n) is 9.94. The van der Waals surface area contributed by atoms with Crippen LogP contribution in [0.3, 0.4) is 0 Å². The van der Waals surface area contributed by atoms with Gasteiger partial charge >= 0.3 is 5.97 Å². The number of aromatic nitrogens is 1. The molecule has 0 radical (unpaired) electrons. The van der Waals surface area contributed by atoms with E-state index in [1.165, 1.54) is 11.3 Å². The van der Waals surface area contributed by atoms with Crippen LogP contribution in [0.1, 0.15) is 30.1 Å². The second kappa shape index (κ2) is 5.24. The van der Waals surface area contributed by atoms with Gasteiger partial charge < -0.3 is 9.52 Å². The van der Waals surface area contributed by atoms with Crippen LogP contribution in [0.15, 0.2) is 19.6 Å². The lowest BCUT2D eigenvalue weighted by atomic mass is 10.1. The van der Waals surface area contributed by atoms with Gasteiger partial charge in [-0.1, -0.05) is 13.8 Å². The minimum atomic E-state index is -1.07. The van der Waals surface area contributed by atoms with E-state index < -0.39 is 5.97 Å². The number of carbonyl (C=O) groups is 1. The van der Waals surface area contributed by atoms with Gasteiger partial charge in [-0.2, -0.15) is 0 Å². The molecule has 2 aromatic rings. The van der Waals surface area contributed by atoms with Gasteiger partial charge in [0.25, 0.3) is 0 Å². The quantitative estimate of drug-likeness (QED) is 0.918. The van der Waals surface area contributed by atoms with Crippen LogP contribution in [0.25, 0.3) is 11.5 Å².